The first-order chi connectivity index (χ1) is 9.83. The summed E-state index contributed by atoms with van der Waals surface area (Å²) in [5.74, 6) is 0. The van der Waals surface area contributed by atoms with Crippen LogP contribution in [0.3, 0.4) is 0 Å². The van der Waals surface area contributed by atoms with Crippen molar-refractivity contribution in [3.05, 3.63) is 59.4 Å². The van der Waals surface area contributed by atoms with Gasteiger partial charge in [0.15, 0.2) is 0 Å². The molecule has 20 heavy (non-hydrogen) atoms. The third-order valence-electron chi connectivity index (χ3n) is 3.50. The summed E-state index contributed by atoms with van der Waals surface area (Å²) in [5, 5.41) is 3.39. The molecule has 1 aromatic heterocycles. The Labute approximate surface area is 121 Å². The van der Waals surface area contributed by atoms with Gasteiger partial charge in [-0.15, -0.1) is 0 Å². The van der Waals surface area contributed by atoms with Crippen molar-refractivity contribution >= 4 is 0 Å². The van der Waals surface area contributed by atoms with Crippen molar-refractivity contribution in [2.75, 3.05) is 20.3 Å². The molecular formula is C17H24N2O. The minimum atomic E-state index is 0.749. The van der Waals surface area contributed by atoms with Crippen LogP contribution in [0, 0.1) is 0 Å². The van der Waals surface area contributed by atoms with E-state index in [2.05, 4.69) is 59.4 Å². The second-order valence-corrected chi connectivity index (χ2v) is 4.97. The Kier molecular flexibility index (Phi) is 5.84. The summed E-state index contributed by atoms with van der Waals surface area (Å²) in [5.41, 5.74) is 4.04. The first kappa shape index (κ1) is 14.8. The summed E-state index contributed by atoms with van der Waals surface area (Å²) >= 11 is 0. The molecule has 0 unspecified atom stereocenters. The maximum atomic E-state index is 5.04. The highest BCUT2D eigenvalue weighted by molar-refractivity contribution is 5.23. The average molecular weight is 272 g/mol. The quantitative estimate of drug-likeness (QED) is 0.748. The van der Waals surface area contributed by atoms with Crippen LogP contribution in [0.25, 0.3) is 0 Å². The smallest absolute Gasteiger partial charge is 0.0587 e. The minimum Gasteiger partial charge on any atom is -0.383 e. The molecule has 3 nitrogen and oxygen atoms in total. The van der Waals surface area contributed by atoms with Crippen LogP contribution >= 0.6 is 0 Å². The van der Waals surface area contributed by atoms with Gasteiger partial charge in [0, 0.05) is 38.6 Å². The number of methoxy groups -OCH3 is 1. The summed E-state index contributed by atoms with van der Waals surface area (Å²) in [7, 11) is 1.73. The van der Waals surface area contributed by atoms with Crippen molar-refractivity contribution in [2.24, 2.45) is 0 Å². The van der Waals surface area contributed by atoms with Gasteiger partial charge >= 0.3 is 0 Å². The van der Waals surface area contributed by atoms with E-state index in [1.807, 2.05) is 0 Å². The Balaban J connectivity index is 1.93. The van der Waals surface area contributed by atoms with Gasteiger partial charge < -0.3 is 14.6 Å². The Bertz CT molecular complexity index is 502. The van der Waals surface area contributed by atoms with Gasteiger partial charge in [0.2, 0.25) is 0 Å². The van der Waals surface area contributed by atoms with Crippen LogP contribution in [0.2, 0.25) is 0 Å². The Morgan fingerprint density at radius 1 is 1.10 bits per heavy atom. The molecule has 0 aliphatic carbocycles. The minimum absolute atomic E-state index is 0.749. The van der Waals surface area contributed by atoms with Gasteiger partial charge in [0.1, 0.15) is 0 Å². The van der Waals surface area contributed by atoms with Gasteiger partial charge in [-0.1, -0.05) is 31.2 Å². The lowest BCUT2D eigenvalue weighted by molar-refractivity contribution is 0.199. The first-order valence-corrected chi connectivity index (χ1v) is 7.25. The predicted molar refractivity (Wildman–Crippen MR) is 82.9 cm³/mol. The number of ether oxygens (including phenoxy) is 1. The maximum absolute atomic E-state index is 5.04. The Morgan fingerprint density at radius 2 is 1.85 bits per heavy atom. The standard InChI is InChI=1S/C17H24N2O/c1-3-15-6-8-16(9-7-15)14-19-11-4-5-17(19)13-18-10-12-20-2/h4-9,11,18H,3,10,12-14H2,1-2H3. The Hall–Kier alpha value is -1.58. The van der Waals surface area contributed by atoms with Crippen LogP contribution in [0.4, 0.5) is 0 Å². The first-order valence-electron chi connectivity index (χ1n) is 7.25. The van der Waals surface area contributed by atoms with Crippen LogP contribution in [-0.2, 0) is 24.2 Å². The summed E-state index contributed by atoms with van der Waals surface area (Å²) in [4.78, 5) is 0. The zero-order valence-electron chi connectivity index (χ0n) is 12.4. The zero-order valence-corrected chi connectivity index (χ0v) is 12.4. The van der Waals surface area contributed by atoms with Crippen molar-refractivity contribution in [3.63, 3.8) is 0 Å². The summed E-state index contributed by atoms with van der Waals surface area (Å²) in [6, 6.07) is 13.2. The van der Waals surface area contributed by atoms with E-state index in [0.29, 0.717) is 0 Å². The molecule has 0 atom stereocenters. The maximum Gasteiger partial charge on any atom is 0.0587 e. The lowest BCUT2D eigenvalue weighted by Gasteiger charge is -2.11. The number of benzene rings is 1. The van der Waals surface area contributed by atoms with E-state index in [9.17, 15) is 0 Å². The number of aromatic nitrogens is 1. The van der Waals surface area contributed by atoms with Gasteiger partial charge in [-0.25, -0.2) is 0 Å². The second kappa shape index (κ2) is 7.88. The highest BCUT2D eigenvalue weighted by Crippen LogP contribution is 2.10. The van der Waals surface area contributed by atoms with Crippen molar-refractivity contribution in [1.82, 2.24) is 9.88 Å². The van der Waals surface area contributed by atoms with Gasteiger partial charge in [-0.3, -0.25) is 0 Å². The molecule has 2 aromatic rings. The number of aryl methyl sites for hydroxylation is 1. The second-order valence-electron chi connectivity index (χ2n) is 4.97. The van der Waals surface area contributed by atoms with E-state index in [0.717, 1.165) is 32.7 Å². The molecule has 0 spiro atoms. The molecule has 0 aliphatic heterocycles. The van der Waals surface area contributed by atoms with Crippen molar-refractivity contribution in [2.45, 2.75) is 26.4 Å². The summed E-state index contributed by atoms with van der Waals surface area (Å²) in [6.45, 7) is 5.62. The largest absolute Gasteiger partial charge is 0.383 e. The fourth-order valence-electron chi connectivity index (χ4n) is 2.23. The number of hydrogen-bond acceptors (Lipinski definition) is 2. The average Bonchev–Trinajstić information content (AvgIpc) is 2.92. The van der Waals surface area contributed by atoms with Crippen LogP contribution in [0.5, 0.6) is 0 Å². The fourth-order valence-corrected chi connectivity index (χ4v) is 2.23. The molecule has 0 radical (unpaired) electrons. The van der Waals surface area contributed by atoms with Crippen LogP contribution in [0.15, 0.2) is 42.6 Å². The Morgan fingerprint density at radius 3 is 2.55 bits per heavy atom. The number of nitrogens with one attached hydrogen (secondary N) is 1. The molecule has 0 aliphatic rings. The van der Waals surface area contributed by atoms with Crippen LogP contribution in [0.1, 0.15) is 23.7 Å². The number of nitrogens with zero attached hydrogens (tertiary/aromatic N) is 1. The van der Waals surface area contributed by atoms with Crippen LogP contribution < -0.4 is 5.32 Å². The molecule has 108 valence electrons. The van der Waals surface area contributed by atoms with E-state index in [4.69, 9.17) is 4.74 Å². The van der Waals surface area contributed by atoms with Gasteiger partial charge in [0.05, 0.1) is 6.61 Å². The molecule has 2 rings (SSSR count). The van der Waals surface area contributed by atoms with Crippen molar-refractivity contribution in [3.8, 4) is 0 Å². The number of rotatable bonds is 8. The normalized spacial score (nSPS) is 10.9. The van der Waals surface area contributed by atoms with Crippen LogP contribution in [-0.4, -0.2) is 24.8 Å². The van der Waals surface area contributed by atoms with E-state index >= 15 is 0 Å². The molecule has 0 fully saturated rings. The monoisotopic (exact) mass is 272 g/mol. The molecule has 0 bridgehead atoms. The van der Waals surface area contributed by atoms with Crippen molar-refractivity contribution < 1.29 is 4.74 Å². The van der Waals surface area contributed by atoms with Crippen molar-refractivity contribution in [1.29, 1.82) is 0 Å². The highest BCUT2D eigenvalue weighted by atomic mass is 16.5. The zero-order chi connectivity index (χ0) is 14.2. The van der Waals surface area contributed by atoms with E-state index in [1.54, 1.807) is 7.11 Å². The molecule has 1 N–H and O–H groups in total. The molecule has 0 saturated carbocycles. The van der Waals surface area contributed by atoms with Gasteiger partial charge in [-0.05, 0) is 29.7 Å². The van der Waals surface area contributed by atoms with Gasteiger partial charge in [-0.2, -0.15) is 0 Å². The SMILES string of the molecule is CCc1ccc(Cn2cccc2CNCCOC)cc1. The highest BCUT2D eigenvalue weighted by Gasteiger charge is 2.02. The predicted octanol–water partition coefficient (Wildman–Crippen LogP) is 2.83. The lowest BCUT2D eigenvalue weighted by atomic mass is 10.1. The molecule has 0 amide bonds. The lowest BCUT2D eigenvalue weighted by Crippen LogP contribution is -2.20. The molecule has 1 heterocycles. The fraction of sp³-hybridized carbons (Fsp3) is 0.412. The van der Waals surface area contributed by atoms with Gasteiger partial charge in [0.25, 0.3) is 0 Å². The summed E-state index contributed by atoms with van der Waals surface area (Å²) < 4.78 is 7.33. The molecule has 0 saturated heterocycles. The van der Waals surface area contributed by atoms with E-state index in [-0.39, 0.29) is 0 Å². The summed E-state index contributed by atoms with van der Waals surface area (Å²) in [6.07, 6.45) is 3.24. The molecule has 1 aromatic carbocycles. The van der Waals surface area contributed by atoms with E-state index in [1.165, 1.54) is 16.8 Å². The number of hydrogen-bond donors (Lipinski definition) is 1. The topological polar surface area (TPSA) is 26.2 Å². The van der Waals surface area contributed by atoms with E-state index < -0.39 is 0 Å². The molecular weight excluding hydrogens is 248 g/mol. The third-order valence-corrected chi connectivity index (χ3v) is 3.50. The third kappa shape index (κ3) is 4.22. The molecule has 3 heteroatoms.